The highest BCUT2D eigenvalue weighted by atomic mass is 32.2. The molecule has 3 heterocycles. The van der Waals surface area contributed by atoms with Gasteiger partial charge < -0.3 is 15.5 Å². The Balaban J connectivity index is 1.59. The summed E-state index contributed by atoms with van der Waals surface area (Å²) in [5.74, 6) is 1.71. The minimum atomic E-state index is -0.117. The highest BCUT2D eigenvalue weighted by molar-refractivity contribution is 8.00. The summed E-state index contributed by atoms with van der Waals surface area (Å²) in [6.45, 7) is 5.97. The number of carbonyl (C=O) groups is 1. The Morgan fingerprint density at radius 2 is 2.19 bits per heavy atom. The van der Waals surface area contributed by atoms with Crippen molar-refractivity contribution in [2.45, 2.75) is 24.6 Å². The predicted octanol–water partition coefficient (Wildman–Crippen LogP) is 0.510. The van der Waals surface area contributed by atoms with E-state index in [1.807, 2.05) is 17.8 Å². The zero-order valence-corrected chi connectivity index (χ0v) is 13.0. The molecule has 2 N–H and O–H groups in total. The summed E-state index contributed by atoms with van der Waals surface area (Å²) >= 11 is 1.90. The summed E-state index contributed by atoms with van der Waals surface area (Å²) < 4.78 is 0. The van der Waals surface area contributed by atoms with E-state index < -0.39 is 0 Å². The van der Waals surface area contributed by atoms with Crippen molar-refractivity contribution in [1.82, 2.24) is 20.8 Å². The number of hydrogen-bond acceptors (Lipinski definition) is 6. The maximum absolute atomic E-state index is 12.1. The molecule has 21 heavy (non-hydrogen) atoms. The van der Waals surface area contributed by atoms with Crippen molar-refractivity contribution >= 4 is 23.5 Å². The summed E-state index contributed by atoms with van der Waals surface area (Å²) in [6.07, 6.45) is 1.03. The van der Waals surface area contributed by atoms with Crippen LogP contribution in [-0.2, 0) is 0 Å². The average Bonchev–Trinajstić information content (AvgIpc) is 2.93. The third-order valence-electron chi connectivity index (χ3n) is 3.86. The number of rotatable bonds is 3. The summed E-state index contributed by atoms with van der Waals surface area (Å²) in [4.78, 5) is 14.3. The number of thioether (sulfide) groups is 1. The van der Waals surface area contributed by atoms with Crippen LogP contribution in [0.25, 0.3) is 0 Å². The van der Waals surface area contributed by atoms with Gasteiger partial charge in [0, 0.05) is 43.2 Å². The Labute approximate surface area is 129 Å². The Morgan fingerprint density at radius 1 is 1.38 bits per heavy atom. The lowest BCUT2D eigenvalue weighted by molar-refractivity contribution is 0.0934. The predicted molar refractivity (Wildman–Crippen MR) is 84.9 cm³/mol. The zero-order valence-electron chi connectivity index (χ0n) is 12.2. The molecule has 1 aromatic rings. The normalized spacial score (nSPS) is 25.9. The highest BCUT2D eigenvalue weighted by Gasteiger charge is 2.24. The average molecular weight is 307 g/mol. The number of anilines is 1. The van der Waals surface area contributed by atoms with Crippen molar-refractivity contribution in [2.24, 2.45) is 0 Å². The van der Waals surface area contributed by atoms with Gasteiger partial charge in [0.15, 0.2) is 11.5 Å². The van der Waals surface area contributed by atoms with Gasteiger partial charge in [0.25, 0.3) is 5.91 Å². The molecule has 7 heteroatoms. The molecule has 2 aliphatic rings. The fourth-order valence-electron chi connectivity index (χ4n) is 2.69. The van der Waals surface area contributed by atoms with E-state index in [0.717, 1.165) is 44.2 Å². The van der Waals surface area contributed by atoms with E-state index in [2.05, 4.69) is 32.7 Å². The first-order valence-corrected chi connectivity index (χ1v) is 8.49. The smallest absolute Gasteiger partial charge is 0.272 e. The van der Waals surface area contributed by atoms with Crippen LogP contribution >= 0.6 is 11.8 Å². The molecule has 2 aliphatic heterocycles. The number of aromatic nitrogens is 2. The van der Waals surface area contributed by atoms with Gasteiger partial charge in [-0.3, -0.25) is 4.79 Å². The number of nitrogens with one attached hydrogen (secondary N) is 2. The minimum Gasteiger partial charge on any atom is -0.353 e. The van der Waals surface area contributed by atoms with E-state index in [9.17, 15) is 4.79 Å². The fraction of sp³-hybridized carbons (Fsp3) is 0.643. The molecule has 1 amide bonds. The standard InChI is InChI=1S/C14H21N5OS/c1-10-8-11(9-21-10)16-14(20)12-2-3-13(18-17-12)19-6-4-15-5-7-19/h2-3,10-11,15H,4-9H2,1H3,(H,16,20). The SMILES string of the molecule is CC1CC(NC(=O)c2ccc(N3CCNCC3)nn2)CS1. The molecule has 3 rings (SSSR count). The molecule has 0 bridgehead atoms. The maximum Gasteiger partial charge on any atom is 0.272 e. The molecular formula is C14H21N5OS. The molecule has 0 aromatic carbocycles. The first-order chi connectivity index (χ1) is 10.2. The first-order valence-electron chi connectivity index (χ1n) is 7.44. The summed E-state index contributed by atoms with van der Waals surface area (Å²) in [5.41, 5.74) is 0.401. The van der Waals surface area contributed by atoms with Crippen LogP contribution in [0.4, 0.5) is 5.82 Å². The van der Waals surface area contributed by atoms with Crippen LogP contribution in [0.2, 0.25) is 0 Å². The van der Waals surface area contributed by atoms with Crippen LogP contribution in [0.3, 0.4) is 0 Å². The van der Waals surface area contributed by atoms with E-state index in [4.69, 9.17) is 0 Å². The number of amides is 1. The van der Waals surface area contributed by atoms with E-state index in [0.29, 0.717) is 10.9 Å². The Bertz CT molecular complexity index is 489. The van der Waals surface area contributed by atoms with Crippen molar-refractivity contribution < 1.29 is 4.79 Å². The van der Waals surface area contributed by atoms with E-state index in [-0.39, 0.29) is 11.9 Å². The summed E-state index contributed by atoms with van der Waals surface area (Å²) in [6, 6.07) is 3.91. The zero-order chi connectivity index (χ0) is 14.7. The molecule has 2 fully saturated rings. The third-order valence-corrected chi connectivity index (χ3v) is 5.21. The molecule has 0 aliphatic carbocycles. The van der Waals surface area contributed by atoms with Crippen LogP contribution in [0.5, 0.6) is 0 Å². The van der Waals surface area contributed by atoms with Gasteiger partial charge in [-0.25, -0.2) is 0 Å². The molecule has 0 spiro atoms. The fourth-order valence-corrected chi connectivity index (χ4v) is 3.83. The van der Waals surface area contributed by atoms with Crippen molar-refractivity contribution in [3.8, 4) is 0 Å². The lowest BCUT2D eigenvalue weighted by atomic mass is 10.2. The van der Waals surface area contributed by atoms with E-state index in [1.165, 1.54) is 0 Å². The Hall–Kier alpha value is -1.34. The van der Waals surface area contributed by atoms with Gasteiger partial charge in [-0.2, -0.15) is 11.8 Å². The molecule has 2 saturated heterocycles. The van der Waals surface area contributed by atoms with Crippen molar-refractivity contribution in [3.63, 3.8) is 0 Å². The Kier molecular flexibility index (Phi) is 4.60. The monoisotopic (exact) mass is 307 g/mol. The maximum atomic E-state index is 12.1. The molecule has 114 valence electrons. The summed E-state index contributed by atoms with van der Waals surface area (Å²) in [5, 5.41) is 15.2. The van der Waals surface area contributed by atoms with E-state index in [1.54, 1.807) is 6.07 Å². The van der Waals surface area contributed by atoms with Crippen LogP contribution in [-0.4, -0.2) is 59.3 Å². The number of hydrogen-bond donors (Lipinski definition) is 2. The molecule has 2 atom stereocenters. The van der Waals surface area contributed by atoms with Crippen LogP contribution in [0.1, 0.15) is 23.8 Å². The molecular weight excluding hydrogens is 286 g/mol. The van der Waals surface area contributed by atoms with Gasteiger partial charge in [0.2, 0.25) is 0 Å². The molecule has 2 unspecified atom stereocenters. The second-order valence-electron chi connectivity index (χ2n) is 5.56. The number of nitrogens with zero attached hydrogens (tertiary/aromatic N) is 3. The van der Waals surface area contributed by atoms with Crippen LogP contribution < -0.4 is 15.5 Å². The van der Waals surface area contributed by atoms with Gasteiger partial charge in [-0.05, 0) is 18.6 Å². The van der Waals surface area contributed by atoms with Crippen molar-refractivity contribution in [3.05, 3.63) is 17.8 Å². The topological polar surface area (TPSA) is 70.2 Å². The van der Waals surface area contributed by atoms with Crippen LogP contribution in [0, 0.1) is 0 Å². The second kappa shape index (κ2) is 6.62. The van der Waals surface area contributed by atoms with Crippen molar-refractivity contribution in [1.29, 1.82) is 0 Å². The summed E-state index contributed by atoms with van der Waals surface area (Å²) in [7, 11) is 0. The van der Waals surface area contributed by atoms with E-state index >= 15 is 0 Å². The largest absolute Gasteiger partial charge is 0.353 e. The molecule has 6 nitrogen and oxygen atoms in total. The highest BCUT2D eigenvalue weighted by Crippen LogP contribution is 2.26. The third kappa shape index (κ3) is 3.65. The first kappa shape index (κ1) is 14.6. The van der Waals surface area contributed by atoms with Gasteiger partial charge in [0.05, 0.1) is 0 Å². The quantitative estimate of drug-likeness (QED) is 0.848. The number of piperazine rings is 1. The Morgan fingerprint density at radius 3 is 2.81 bits per heavy atom. The molecule has 0 radical (unpaired) electrons. The molecule has 1 aromatic heterocycles. The van der Waals surface area contributed by atoms with Gasteiger partial charge >= 0.3 is 0 Å². The van der Waals surface area contributed by atoms with Crippen LogP contribution in [0.15, 0.2) is 12.1 Å². The van der Waals surface area contributed by atoms with Gasteiger partial charge in [-0.1, -0.05) is 6.92 Å². The second-order valence-corrected chi connectivity index (χ2v) is 7.04. The van der Waals surface area contributed by atoms with Gasteiger partial charge in [-0.15, -0.1) is 10.2 Å². The number of carbonyl (C=O) groups excluding carboxylic acids is 1. The lowest BCUT2D eigenvalue weighted by Crippen LogP contribution is -2.44. The van der Waals surface area contributed by atoms with Crippen molar-refractivity contribution in [2.75, 3.05) is 36.8 Å². The minimum absolute atomic E-state index is 0.117. The lowest BCUT2D eigenvalue weighted by Gasteiger charge is -2.27. The van der Waals surface area contributed by atoms with Gasteiger partial charge in [0.1, 0.15) is 0 Å². The molecule has 0 saturated carbocycles.